The van der Waals surface area contributed by atoms with Gasteiger partial charge in [0, 0.05) is 45.9 Å². The number of nitrogens with zero attached hydrogens (tertiary/aromatic N) is 2. The predicted molar refractivity (Wildman–Crippen MR) is 88.9 cm³/mol. The maximum Gasteiger partial charge on any atom is 0.434 e. The summed E-state index contributed by atoms with van der Waals surface area (Å²) in [6, 6.07) is 6.34. The van der Waals surface area contributed by atoms with E-state index in [1.165, 1.54) is 25.8 Å². The molecule has 0 atom stereocenters. The summed E-state index contributed by atoms with van der Waals surface area (Å²) in [4.78, 5) is 15.5. The number of carboxylic acids is 1. The quantitative estimate of drug-likeness (QED) is 0.802. The second kappa shape index (κ2) is 6.35. The summed E-state index contributed by atoms with van der Waals surface area (Å²) in [7, 11) is 4.39. The van der Waals surface area contributed by atoms with Gasteiger partial charge in [0.1, 0.15) is 11.2 Å². The largest absolute Gasteiger partial charge is 0.481 e. The molecule has 2 aromatic rings. The van der Waals surface area contributed by atoms with Crippen LogP contribution in [0, 0.1) is 0 Å². The maximum atomic E-state index is 12.8. The number of benzene rings is 1. The van der Waals surface area contributed by atoms with Crippen molar-refractivity contribution in [1.82, 2.24) is 9.55 Å². The van der Waals surface area contributed by atoms with Gasteiger partial charge in [0.2, 0.25) is 0 Å². The van der Waals surface area contributed by atoms with Crippen molar-refractivity contribution in [3.05, 3.63) is 41.7 Å². The topological polar surface area (TPSA) is 73.6 Å². The number of rotatable bonds is 5. The minimum Gasteiger partial charge on any atom is -0.481 e. The second-order valence-electron chi connectivity index (χ2n) is 6.70. The molecule has 1 aromatic carbocycles. The van der Waals surface area contributed by atoms with Gasteiger partial charge in [0.05, 0.1) is 0 Å². The summed E-state index contributed by atoms with van der Waals surface area (Å²) in [5, 5.41) is 9.73. The highest BCUT2D eigenvalue weighted by molar-refractivity contribution is 5.83. The first-order valence-corrected chi connectivity index (χ1v) is 8.12. The highest BCUT2D eigenvalue weighted by Gasteiger charge is 2.61. The average molecular weight is 384 g/mol. The number of hydrogen-bond acceptors (Lipinski definition) is 4. The van der Waals surface area contributed by atoms with E-state index in [1.54, 1.807) is 24.3 Å². The molecular formula is C18H19F3N2O4. The number of carboxylic acid groups (broad SMARTS) is 1. The molecular weight excluding hydrogens is 365 g/mol. The van der Waals surface area contributed by atoms with E-state index >= 15 is 0 Å². The molecule has 6 nitrogen and oxygen atoms in total. The molecule has 1 aromatic heterocycles. The van der Waals surface area contributed by atoms with Gasteiger partial charge in [-0.25, -0.2) is 4.98 Å². The van der Waals surface area contributed by atoms with Crippen LogP contribution in [0.2, 0.25) is 0 Å². The number of alkyl halides is 3. The summed E-state index contributed by atoms with van der Waals surface area (Å²) in [5.74, 6) is -1.80. The van der Waals surface area contributed by atoms with Crippen LogP contribution in [0.3, 0.4) is 0 Å². The second-order valence-corrected chi connectivity index (χ2v) is 6.70. The Kier molecular flexibility index (Phi) is 4.55. The third kappa shape index (κ3) is 3.10. The summed E-state index contributed by atoms with van der Waals surface area (Å²) < 4.78 is 50.4. The number of aryl methyl sites for hydroxylation is 1. The third-order valence-electron chi connectivity index (χ3n) is 5.16. The Labute approximate surface area is 153 Å². The van der Waals surface area contributed by atoms with E-state index < -0.39 is 29.0 Å². The molecule has 1 aliphatic carbocycles. The number of methoxy groups -OCH3 is 2. The first-order valence-electron chi connectivity index (χ1n) is 8.12. The lowest BCUT2D eigenvalue weighted by atomic mass is 9.60. The van der Waals surface area contributed by atoms with Gasteiger partial charge >= 0.3 is 12.1 Å². The molecule has 1 N–H and O–H groups in total. The van der Waals surface area contributed by atoms with Crippen LogP contribution in [0.5, 0.6) is 0 Å². The summed E-state index contributed by atoms with van der Waals surface area (Å²) >= 11 is 0. The first-order chi connectivity index (χ1) is 12.6. The van der Waals surface area contributed by atoms with E-state index in [-0.39, 0.29) is 18.7 Å². The van der Waals surface area contributed by atoms with Gasteiger partial charge in [-0.3, -0.25) is 4.79 Å². The van der Waals surface area contributed by atoms with Crippen molar-refractivity contribution >= 4 is 5.97 Å². The average Bonchev–Trinajstić information content (AvgIpc) is 2.97. The Hall–Kier alpha value is -2.39. The maximum absolute atomic E-state index is 12.8. The van der Waals surface area contributed by atoms with Gasteiger partial charge in [0.25, 0.3) is 0 Å². The number of ether oxygens (including phenoxy) is 2. The zero-order valence-electron chi connectivity index (χ0n) is 15.0. The van der Waals surface area contributed by atoms with Crippen LogP contribution in [0.25, 0.3) is 11.4 Å². The van der Waals surface area contributed by atoms with Crippen molar-refractivity contribution in [2.45, 2.75) is 30.2 Å². The standard InChI is InChI=1S/C18H19F3N2O4/c1-23-8-13(18(19,20)21)22-14(23)11-4-6-12(7-5-11)16(15(24)25)9-17(10-16,26-2)27-3/h4-8H,9-10H2,1-3H3,(H,24,25). The molecule has 0 aliphatic heterocycles. The summed E-state index contributed by atoms with van der Waals surface area (Å²) in [6.45, 7) is 0. The first kappa shape index (κ1) is 19.4. The highest BCUT2D eigenvalue weighted by atomic mass is 19.4. The summed E-state index contributed by atoms with van der Waals surface area (Å²) in [5.41, 5.74) is -1.14. The van der Waals surface area contributed by atoms with Gasteiger partial charge in [-0.05, 0) is 5.56 Å². The smallest absolute Gasteiger partial charge is 0.434 e. The molecule has 1 fully saturated rings. The van der Waals surface area contributed by atoms with E-state index in [4.69, 9.17) is 9.47 Å². The molecule has 9 heteroatoms. The minimum atomic E-state index is -4.53. The van der Waals surface area contributed by atoms with Crippen molar-refractivity contribution in [2.75, 3.05) is 14.2 Å². The third-order valence-corrected chi connectivity index (χ3v) is 5.16. The number of carbonyl (C=O) groups is 1. The van der Waals surface area contributed by atoms with Crippen molar-refractivity contribution in [3.8, 4) is 11.4 Å². The Balaban J connectivity index is 1.92. The fourth-order valence-corrected chi connectivity index (χ4v) is 3.53. The van der Waals surface area contributed by atoms with Crippen LogP contribution in [0.1, 0.15) is 24.1 Å². The van der Waals surface area contributed by atoms with Gasteiger partial charge in [-0.1, -0.05) is 24.3 Å². The fourth-order valence-electron chi connectivity index (χ4n) is 3.53. The van der Waals surface area contributed by atoms with Crippen LogP contribution < -0.4 is 0 Å². The molecule has 1 saturated carbocycles. The Bertz CT molecular complexity index is 846. The van der Waals surface area contributed by atoms with Crippen LogP contribution >= 0.6 is 0 Å². The lowest BCUT2D eigenvalue weighted by Gasteiger charge is -2.51. The van der Waals surface area contributed by atoms with Crippen molar-refractivity contribution in [2.24, 2.45) is 7.05 Å². The molecule has 0 radical (unpaired) electrons. The van der Waals surface area contributed by atoms with Gasteiger partial charge in [-0.15, -0.1) is 0 Å². The van der Waals surface area contributed by atoms with E-state index in [9.17, 15) is 23.1 Å². The van der Waals surface area contributed by atoms with E-state index in [1.807, 2.05) is 0 Å². The molecule has 1 aliphatic rings. The Morgan fingerprint density at radius 3 is 2.15 bits per heavy atom. The number of aromatic nitrogens is 2. The molecule has 27 heavy (non-hydrogen) atoms. The van der Waals surface area contributed by atoms with Crippen LogP contribution in [-0.2, 0) is 32.9 Å². The van der Waals surface area contributed by atoms with E-state index in [2.05, 4.69) is 4.98 Å². The molecule has 0 bridgehead atoms. The molecule has 0 saturated heterocycles. The number of imidazole rings is 1. The van der Waals surface area contributed by atoms with Crippen LogP contribution in [0.15, 0.2) is 30.5 Å². The zero-order valence-corrected chi connectivity index (χ0v) is 15.0. The van der Waals surface area contributed by atoms with Gasteiger partial charge in [0.15, 0.2) is 11.5 Å². The lowest BCUT2D eigenvalue weighted by molar-refractivity contribution is -0.277. The number of hydrogen-bond donors (Lipinski definition) is 1. The van der Waals surface area contributed by atoms with Crippen molar-refractivity contribution in [1.29, 1.82) is 0 Å². The van der Waals surface area contributed by atoms with Crippen molar-refractivity contribution in [3.63, 3.8) is 0 Å². The fraction of sp³-hybridized carbons (Fsp3) is 0.444. The molecule has 0 spiro atoms. The highest BCUT2D eigenvalue weighted by Crippen LogP contribution is 2.52. The molecule has 0 amide bonds. The number of halogens is 3. The minimum absolute atomic E-state index is 0.141. The zero-order chi connectivity index (χ0) is 20.0. The van der Waals surface area contributed by atoms with E-state index in [0.29, 0.717) is 11.1 Å². The van der Waals surface area contributed by atoms with E-state index in [0.717, 1.165) is 6.20 Å². The lowest BCUT2D eigenvalue weighted by Crippen LogP contribution is -2.60. The molecule has 1 heterocycles. The molecule has 0 unspecified atom stereocenters. The van der Waals surface area contributed by atoms with Gasteiger partial charge < -0.3 is 19.1 Å². The van der Waals surface area contributed by atoms with Crippen molar-refractivity contribution < 1.29 is 32.5 Å². The number of aliphatic carboxylic acids is 1. The SMILES string of the molecule is COC1(OC)CC(C(=O)O)(c2ccc(-c3nc(C(F)(F)F)cn3C)cc2)C1. The van der Waals surface area contributed by atoms with Crippen LogP contribution in [-0.4, -0.2) is 40.6 Å². The normalized spacial score (nSPS) is 18.1. The predicted octanol–water partition coefficient (Wildman–Crippen LogP) is 3.21. The summed E-state index contributed by atoms with van der Waals surface area (Å²) in [6.07, 6.45) is -3.33. The van der Waals surface area contributed by atoms with Gasteiger partial charge in [-0.2, -0.15) is 13.2 Å². The Morgan fingerprint density at radius 2 is 1.74 bits per heavy atom. The molecule has 3 rings (SSSR count). The van der Waals surface area contributed by atoms with Crippen LogP contribution in [0.4, 0.5) is 13.2 Å². The Morgan fingerprint density at radius 1 is 1.19 bits per heavy atom. The monoisotopic (exact) mass is 384 g/mol. The molecule has 146 valence electrons.